The van der Waals surface area contributed by atoms with E-state index in [-0.39, 0.29) is 11.8 Å². The average Bonchev–Trinajstić information content (AvgIpc) is 3.19. The van der Waals surface area contributed by atoms with Crippen molar-refractivity contribution in [2.75, 3.05) is 13.1 Å². The minimum Gasteiger partial charge on any atom is -0.457 e. The summed E-state index contributed by atoms with van der Waals surface area (Å²) in [7, 11) is 0. The molecule has 1 aliphatic heterocycles. The molecule has 3 aromatic rings. The van der Waals surface area contributed by atoms with Crippen LogP contribution in [0.4, 0.5) is 0 Å². The van der Waals surface area contributed by atoms with Gasteiger partial charge in [-0.05, 0) is 43.0 Å². The van der Waals surface area contributed by atoms with Crippen molar-refractivity contribution in [2.24, 2.45) is 5.92 Å². The lowest BCUT2D eigenvalue weighted by Gasteiger charge is -2.28. The van der Waals surface area contributed by atoms with E-state index in [0.29, 0.717) is 17.5 Å². The van der Waals surface area contributed by atoms with E-state index in [1.807, 2.05) is 54.6 Å². The van der Waals surface area contributed by atoms with Gasteiger partial charge in [-0.2, -0.15) is 4.98 Å². The summed E-state index contributed by atoms with van der Waals surface area (Å²) < 4.78 is 11.1. The lowest BCUT2D eigenvalue weighted by molar-refractivity contribution is 0.0647. The van der Waals surface area contributed by atoms with Gasteiger partial charge in [-0.25, -0.2) is 0 Å². The largest absolute Gasteiger partial charge is 0.457 e. The number of ether oxygens (including phenoxy) is 1. The molecule has 0 unspecified atom stereocenters. The second-order valence-corrected chi connectivity index (χ2v) is 6.84. The third-order valence-electron chi connectivity index (χ3n) is 4.75. The van der Waals surface area contributed by atoms with E-state index in [1.54, 1.807) is 4.90 Å². The number of hydrogen-bond donors (Lipinski definition) is 0. The van der Waals surface area contributed by atoms with E-state index in [4.69, 9.17) is 9.26 Å². The van der Waals surface area contributed by atoms with Crippen molar-refractivity contribution in [3.05, 3.63) is 60.5 Å². The minimum absolute atomic E-state index is 0.0360. The fourth-order valence-electron chi connectivity index (χ4n) is 3.10. The number of piperidine rings is 1. The maximum Gasteiger partial charge on any atom is 0.316 e. The Morgan fingerprint density at radius 1 is 1.07 bits per heavy atom. The Kier molecular flexibility index (Phi) is 4.87. The molecule has 0 N–H and O–H groups in total. The molecule has 6 nitrogen and oxygen atoms in total. The summed E-state index contributed by atoms with van der Waals surface area (Å²) >= 11 is 0. The van der Waals surface area contributed by atoms with E-state index in [9.17, 15) is 4.79 Å². The molecule has 1 saturated heterocycles. The van der Waals surface area contributed by atoms with Crippen LogP contribution in [0.2, 0.25) is 0 Å². The van der Waals surface area contributed by atoms with Crippen molar-refractivity contribution >= 4 is 5.91 Å². The number of carbonyl (C=O) groups excluding carboxylic acids is 1. The average molecular weight is 363 g/mol. The van der Waals surface area contributed by atoms with Crippen molar-refractivity contribution in [3.8, 4) is 22.9 Å². The van der Waals surface area contributed by atoms with Crippen molar-refractivity contribution in [1.82, 2.24) is 15.0 Å². The molecule has 1 amide bonds. The summed E-state index contributed by atoms with van der Waals surface area (Å²) in [4.78, 5) is 18.6. The Morgan fingerprint density at radius 2 is 1.81 bits per heavy atom. The molecule has 2 aromatic carbocycles. The van der Waals surface area contributed by atoms with Crippen LogP contribution in [0.5, 0.6) is 11.5 Å². The molecular weight excluding hydrogens is 342 g/mol. The number of likely N-dealkylation sites (tertiary alicyclic amines) is 1. The highest BCUT2D eigenvalue weighted by atomic mass is 16.5. The van der Waals surface area contributed by atoms with Crippen LogP contribution in [0.1, 0.15) is 30.5 Å². The predicted molar refractivity (Wildman–Crippen MR) is 101 cm³/mol. The number of aromatic nitrogens is 2. The van der Waals surface area contributed by atoms with Gasteiger partial charge in [0.25, 0.3) is 0 Å². The Morgan fingerprint density at radius 3 is 2.59 bits per heavy atom. The van der Waals surface area contributed by atoms with Crippen molar-refractivity contribution in [2.45, 2.75) is 19.8 Å². The van der Waals surface area contributed by atoms with Crippen LogP contribution in [0.25, 0.3) is 11.4 Å². The molecule has 6 heteroatoms. The van der Waals surface area contributed by atoms with Gasteiger partial charge in [0.1, 0.15) is 11.5 Å². The van der Waals surface area contributed by atoms with Gasteiger partial charge in [0.05, 0.1) is 0 Å². The van der Waals surface area contributed by atoms with E-state index < -0.39 is 0 Å². The van der Waals surface area contributed by atoms with Crippen LogP contribution in [0, 0.1) is 5.92 Å². The maximum absolute atomic E-state index is 12.6. The predicted octanol–water partition coefficient (Wildman–Crippen LogP) is 4.40. The molecule has 1 aliphatic rings. The number of carbonyl (C=O) groups is 1. The fourth-order valence-corrected chi connectivity index (χ4v) is 3.10. The third kappa shape index (κ3) is 4.00. The van der Waals surface area contributed by atoms with E-state index in [2.05, 4.69) is 17.1 Å². The van der Waals surface area contributed by atoms with Crippen LogP contribution in [0.3, 0.4) is 0 Å². The Balaban J connectivity index is 1.50. The number of amides is 1. The minimum atomic E-state index is -0.197. The van der Waals surface area contributed by atoms with Gasteiger partial charge in [-0.3, -0.25) is 4.79 Å². The zero-order valence-corrected chi connectivity index (χ0v) is 15.2. The summed E-state index contributed by atoms with van der Waals surface area (Å²) in [6, 6.07) is 16.9. The summed E-state index contributed by atoms with van der Waals surface area (Å²) in [6.07, 6.45) is 2.01. The maximum atomic E-state index is 12.6. The number of hydrogen-bond acceptors (Lipinski definition) is 5. The second-order valence-electron chi connectivity index (χ2n) is 6.84. The highest BCUT2D eigenvalue weighted by molar-refractivity contribution is 5.90. The molecular formula is C21H21N3O3. The smallest absolute Gasteiger partial charge is 0.316 e. The van der Waals surface area contributed by atoms with Crippen molar-refractivity contribution in [3.63, 3.8) is 0 Å². The Labute approximate surface area is 157 Å². The van der Waals surface area contributed by atoms with Crippen LogP contribution in [-0.2, 0) is 0 Å². The molecule has 2 heterocycles. The van der Waals surface area contributed by atoms with Gasteiger partial charge < -0.3 is 14.2 Å². The number of benzene rings is 2. The van der Waals surface area contributed by atoms with Crippen LogP contribution < -0.4 is 4.74 Å². The fraction of sp³-hybridized carbons (Fsp3) is 0.286. The van der Waals surface area contributed by atoms with E-state index in [1.165, 1.54) is 0 Å². The summed E-state index contributed by atoms with van der Waals surface area (Å²) in [5.41, 5.74) is 0.735. The van der Waals surface area contributed by atoms with Crippen LogP contribution in [0.15, 0.2) is 59.1 Å². The van der Waals surface area contributed by atoms with Crippen molar-refractivity contribution in [1.29, 1.82) is 0 Å². The topological polar surface area (TPSA) is 68.5 Å². The number of rotatable bonds is 4. The quantitative estimate of drug-likeness (QED) is 0.687. The lowest BCUT2D eigenvalue weighted by atomic mass is 9.99. The summed E-state index contributed by atoms with van der Waals surface area (Å²) in [5, 5.41) is 3.98. The van der Waals surface area contributed by atoms with Gasteiger partial charge >= 0.3 is 11.8 Å². The normalized spacial score (nSPS) is 14.9. The monoisotopic (exact) mass is 363 g/mol. The molecule has 27 heavy (non-hydrogen) atoms. The first-order chi connectivity index (χ1) is 13.2. The summed E-state index contributed by atoms with van der Waals surface area (Å²) in [5.74, 6) is 2.28. The van der Waals surface area contributed by atoms with Crippen LogP contribution in [-0.4, -0.2) is 34.0 Å². The van der Waals surface area contributed by atoms with Gasteiger partial charge in [0.15, 0.2) is 0 Å². The molecule has 138 valence electrons. The molecule has 1 aromatic heterocycles. The standard InChI is InChI=1S/C21H21N3O3/c1-15-10-12-24(13-11-15)21(25)20-22-19(23-27-20)16-6-5-9-18(14-16)26-17-7-3-2-4-8-17/h2-9,14-15H,10-13H2,1H3. The zero-order valence-electron chi connectivity index (χ0n) is 15.2. The van der Waals surface area contributed by atoms with Crippen molar-refractivity contribution < 1.29 is 14.1 Å². The molecule has 0 aliphatic carbocycles. The van der Waals surface area contributed by atoms with Gasteiger partial charge in [-0.1, -0.05) is 42.4 Å². The molecule has 0 bridgehead atoms. The molecule has 0 spiro atoms. The summed E-state index contributed by atoms with van der Waals surface area (Å²) in [6.45, 7) is 3.67. The number of nitrogens with zero attached hydrogens (tertiary/aromatic N) is 3. The first-order valence-electron chi connectivity index (χ1n) is 9.15. The Bertz CT molecular complexity index is 915. The highest BCUT2D eigenvalue weighted by Crippen LogP contribution is 2.26. The lowest BCUT2D eigenvalue weighted by Crippen LogP contribution is -2.38. The third-order valence-corrected chi connectivity index (χ3v) is 4.75. The Hall–Kier alpha value is -3.15. The molecule has 0 atom stereocenters. The molecule has 1 fully saturated rings. The molecule has 0 radical (unpaired) electrons. The molecule has 4 rings (SSSR count). The first-order valence-corrected chi connectivity index (χ1v) is 9.15. The van der Waals surface area contributed by atoms with E-state index in [0.717, 1.165) is 37.2 Å². The second kappa shape index (κ2) is 7.61. The SMILES string of the molecule is CC1CCN(C(=O)c2nc(-c3cccc(Oc4ccccc4)c3)no2)CC1. The van der Waals surface area contributed by atoms with Gasteiger partial charge in [0.2, 0.25) is 5.82 Å². The van der Waals surface area contributed by atoms with Crippen LogP contribution >= 0.6 is 0 Å². The highest BCUT2D eigenvalue weighted by Gasteiger charge is 2.26. The van der Waals surface area contributed by atoms with E-state index >= 15 is 0 Å². The van der Waals surface area contributed by atoms with Gasteiger partial charge in [0, 0.05) is 18.7 Å². The molecule has 0 saturated carbocycles. The zero-order chi connectivity index (χ0) is 18.6. The first kappa shape index (κ1) is 17.3. The van der Waals surface area contributed by atoms with Gasteiger partial charge in [-0.15, -0.1) is 0 Å². The number of para-hydroxylation sites is 1.